The van der Waals surface area contributed by atoms with Gasteiger partial charge < -0.3 is 4.74 Å². The quantitative estimate of drug-likeness (QED) is 0.753. The number of ether oxygens (including phenoxy) is 1. The van der Waals surface area contributed by atoms with Crippen LogP contribution < -0.4 is 4.72 Å². The summed E-state index contributed by atoms with van der Waals surface area (Å²) in [6, 6.07) is 10.6. The third kappa shape index (κ3) is 4.51. The fourth-order valence-electron chi connectivity index (χ4n) is 2.76. The van der Waals surface area contributed by atoms with Crippen LogP contribution in [0.1, 0.15) is 46.5 Å². The molecule has 0 aliphatic rings. The van der Waals surface area contributed by atoms with Crippen LogP contribution in [0.2, 0.25) is 0 Å². The van der Waals surface area contributed by atoms with Crippen LogP contribution in [0.5, 0.6) is 0 Å². The van der Waals surface area contributed by atoms with Crippen LogP contribution in [0.3, 0.4) is 0 Å². The first kappa shape index (κ1) is 20.1. The van der Waals surface area contributed by atoms with Crippen LogP contribution >= 0.6 is 0 Å². The SMILES string of the molecule is CCc1ccc(CC)c(CNS(=O)(=O)c2ccc(C)c(C(=O)OC)c2)c1. The lowest BCUT2D eigenvalue weighted by molar-refractivity contribution is 0.0599. The van der Waals surface area contributed by atoms with Gasteiger partial charge in [-0.25, -0.2) is 17.9 Å². The first-order valence-corrected chi connectivity index (χ1v) is 10.1. The van der Waals surface area contributed by atoms with Gasteiger partial charge in [0.05, 0.1) is 17.6 Å². The molecule has 0 aliphatic heterocycles. The highest BCUT2D eigenvalue weighted by molar-refractivity contribution is 7.89. The molecule has 6 heteroatoms. The Balaban J connectivity index is 2.29. The van der Waals surface area contributed by atoms with Gasteiger partial charge in [-0.3, -0.25) is 0 Å². The zero-order valence-corrected chi connectivity index (χ0v) is 16.4. The fourth-order valence-corrected chi connectivity index (χ4v) is 3.80. The molecule has 0 aliphatic carbocycles. The van der Waals surface area contributed by atoms with Gasteiger partial charge in [0.15, 0.2) is 0 Å². The molecule has 2 aromatic rings. The topological polar surface area (TPSA) is 72.5 Å². The summed E-state index contributed by atoms with van der Waals surface area (Å²) >= 11 is 0. The van der Waals surface area contributed by atoms with E-state index in [9.17, 15) is 13.2 Å². The Bertz CT molecular complexity index is 904. The van der Waals surface area contributed by atoms with E-state index in [1.165, 1.54) is 24.8 Å². The Morgan fingerprint density at radius 2 is 1.77 bits per heavy atom. The van der Waals surface area contributed by atoms with Crippen LogP contribution in [0.4, 0.5) is 0 Å². The second-order valence-corrected chi connectivity index (χ2v) is 7.87. The normalized spacial score (nSPS) is 11.4. The van der Waals surface area contributed by atoms with Crippen molar-refractivity contribution < 1.29 is 17.9 Å². The van der Waals surface area contributed by atoms with Gasteiger partial charge in [-0.05, 0) is 54.2 Å². The molecule has 2 aromatic carbocycles. The van der Waals surface area contributed by atoms with Crippen LogP contribution in [-0.2, 0) is 34.1 Å². The van der Waals surface area contributed by atoms with E-state index in [1.54, 1.807) is 13.0 Å². The molecular formula is C20H25NO4S. The lowest BCUT2D eigenvalue weighted by Gasteiger charge is -2.13. The Morgan fingerprint density at radius 1 is 1.04 bits per heavy atom. The molecule has 0 saturated carbocycles. The average Bonchev–Trinajstić information content (AvgIpc) is 2.65. The van der Waals surface area contributed by atoms with E-state index in [2.05, 4.69) is 17.7 Å². The van der Waals surface area contributed by atoms with Crippen molar-refractivity contribution in [3.8, 4) is 0 Å². The number of methoxy groups -OCH3 is 1. The predicted octanol–water partition coefficient (Wildman–Crippen LogP) is 3.38. The lowest BCUT2D eigenvalue weighted by Crippen LogP contribution is -2.24. The molecule has 0 atom stereocenters. The Labute approximate surface area is 155 Å². The maximum atomic E-state index is 12.7. The first-order valence-electron chi connectivity index (χ1n) is 8.61. The number of hydrogen-bond donors (Lipinski definition) is 1. The molecule has 0 fully saturated rings. The number of hydrogen-bond acceptors (Lipinski definition) is 4. The molecule has 0 heterocycles. The minimum absolute atomic E-state index is 0.0493. The molecule has 26 heavy (non-hydrogen) atoms. The van der Waals surface area contributed by atoms with E-state index in [0.29, 0.717) is 5.56 Å². The summed E-state index contributed by atoms with van der Waals surface area (Å²) in [6.45, 7) is 6.05. The van der Waals surface area contributed by atoms with Crippen molar-refractivity contribution in [2.45, 2.75) is 45.1 Å². The molecule has 2 rings (SSSR count). The first-order chi connectivity index (χ1) is 12.3. The van der Waals surface area contributed by atoms with Crippen molar-refractivity contribution in [1.29, 1.82) is 0 Å². The Morgan fingerprint density at radius 3 is 2.38 bits per heavy atom. The highest BCUT2D eigenvalue weighted by Crippen LogP contribution is 2.18. The maximum Gasteiger partial charge on any atom is 0.338 e. The molecule has 0 aromatic heterocycles. The molecule has 0 radical (unpaired) electrons. The number of carbonyl (C=O) groups excluding carboxylic acids is 1. The molecule has 0 unspecified atom stereocenters. The third-order valence-corrected chi connectivity index (χ3v) is 5.84. The zero-order chi connectivity index (χ0) is 19.3. The third-order valence-electron chi connectivity index (χ3n) is 4.44. The largest absolute Gasteiger partial charge is 0.465 e. The van der Waals surface area contributed by atoms with E-state index in [1.807, 2.05) is 19.1 Å². The van der Waals surface area contributed by atoms with Crippen molar-refractivity contribution in [2.24, 2.45) is 0 Å². The van der Waals surface area contributed by atoms with Gasteiger partial charge in [0.1, 0.15) is 0 Å². The molecule has 0 bridgehead atoms. The summed E-state index contributed by atoms with van der Waals surface area (Å²) in [6.07, 6.45) is 1.72. The zero-order valence-electron chi connectivity index (χ0n) is 15.6. The van der Waals surface area contributed by atoms with Crippen molar-refractivity contribution in [3.63, 3.8) is 0 Å². The molecular weight excluding hydrogens is 350 g/mol. The molecule has 0 saturated heterocycles. The summed E-state index contributed by atoms with van der Waals surface area (Å²) in [5.41, 5.74) is 4.16. The van der Waals surface area contributed by atoms with Gasteiger partial charge in [-0.1, -0.05) is 38.1 Å². The van der Waals surface area contributed by atoms with E-state index in [-0.39, 0.29) is 17.0 Å². The van der Waals surface area contributed by atoms with Crippen molar-refractivity contribution in [2.75, 3.05) is 7.11 Å². The monoisotopic (exact) mass is 375 g/mol. The maximum absolute atomic E-state index is 12.7. The number of nitrogens with one attached hydrogen (secondary N) is 1. The molecule has 1 N–H and O–H groups in total. The molecule has 5 nitrogen and oxygen atoms in total. The Hall–Kier alpha value is -2.18. The summed E-state index contributed by atoms with van der Waals surface area (Å²) < 4.78 is 32.7. The highest BCUT2D eigenvalue weighted by Gasteiger charge is 2.18. The number of carbonyl (C=O) groups is 1. The van der Waals surface area contributed by atoms with Crippen LogP contribution in [-0.4, -0.2) is 21.5 Å². The number of sulfonamides is 1. The minimum Gasteiger partial charge on any atom is -0.465 e. The van der Waals surface area contributed by atoms with Crippen molar-refractivity contribution in [3.05, 3.63) is 64.2 Å². The summed E-state index contributed by atoms with van der Waals surface area (Å²) in [5.74, 6) is -0.552. The second-order valence-electron chi connectivity index (χ2n) is 6.10. The van der Waals surface area contributed by atoms with Gasteiger partial charge in [-0.15, -0.1) is 0 Å². The van der Waals surface area contributed by atoms with Gasteiger partial charge in [0, 0.05) is 6.54 Å². The minimum atomic E-state index is -3.74. The number of benzene rings is 2. The van der Waals surface area contributed by atoms with Crippen LogP contribution in [0.25, 0.3) is 0 Å². The molecule has 0 amide bonds. The van der Waals surface area contributed by atoms with Gasteiger partial charge >= 0.3 is 5.97 Å². The van der Waals surface area contributed by atoms with Crippen LogP contribution in [0.15, 0.2) is 41.3 Å². The van der Waals surface area contributed by atoms with Crippen molar-refractivity contribution >= 4 is 16.0 Å². The molecule has 140 valence electrons. The van der Waals surface area contributed by atoms with E-state index in [0.717, 1.165) is 24.0 Å². The highest BCUT2D eigenvalue weighted by atomic mass is 32.2. The Kier molecular flexibility index (Phi) is 6.56. The standard InChI is InChI=1S/C20H25NO4S/c1-5-15-8-9-16(6-2)17(11-15)13-21-26(23,24)18-10-7-14(3)19(12-18)20(22)25-4/h7-12,21H,5-6,13H2,1-4H3. The number of aryl methyl sites for hydroxylation is 3. The van der Waals surface area contributed by atoms with Crippen LogP contribution in [0, 0.1) is 6.92 Å². The molecule has 0 spiro atoms. The second kappa shape index (κ2) is 8.47. The van der Waals surface area contributed by atoms with Gasteiger partial charge in [-0.2, -0.15) is 0 Å². The summed E-state index contributed by atoms with van der Waals surface area (Å²) in [4.78, 5) is 11.9. The smallest absolute Gasteiger partial charge is 0.338 e. The average molecular weight is 375 g/mol. The van der Waals surface area contributed by atoms with Gasteiger partial charge in [0.2, 0.25) is 10.0 Å². The van der Waals surface area contributed by atoms with Crippen molar-refractivity contribution in [1.82, 2.24) is 4.72 Å². The van der Waals surface area contributed by atoms with E-state index in [4.69, 9.17) is 4.74 Å². The van der Waals surface area contributed by atoms with E-state index < -0.39 is 16.0 Å². The summed E-state index contributed by atoms with van der Waals surface area (Å²) in [5, 5.41) is 0. The lowest BCUT2D eigenvalue weighted by atomic mass is 10.0. The summed E-state index contributed by atoms with van der Waals surface area (Å²) in [7, 11) is -2.47. The number of esters is 1. The van der Waals surface area contributed by atoms with Gasteiger partial charge in [0.25, 0.3) is 0 Å². The fraction of sp³-hybridized carbons (Fsp3) is 0.350. The van der Waals surface area contributed by atoms with E-state index >= 15 is 0 Å². The number of rotatable bonds is 7. The predicted molar refractivity (Wildman–Crippen MR) is 102 cm³/mol.